The summed E-state index contributed by atoms with van der Waals surface area (Å²) in [6.45, 7) is 6.27. The molecule has 0 spiro atoms. The standard InChI is InChI=1S/C22H23N7O/c1-15-12-29-21(23-15)7-5-18(25-29)19-11-22(30)28-14-17(4-6-20(28)24-19)27-10-9-26-8-2-3-16(26)13-27/h4-7,11-12,14,16H,2-3,8-10,13H2,1H3/t16-/m0/s1. The summed E-state index contributed by atoms with van der Waals surface area (Å²) in [5.74, 6) is 0. The number of hydrogen-bond donors (Lipinski definition) is 0. The second kappa shape index (κ2) is 6.63. The molecule has 152 valence electrons. The van der Waals surface area contributed by atoms with Crippen LogP contribution in [0.3, 0.4) is 0 Å². The van der Waals surface area contributed by atoms with Gasteiger partial charge >= 0.3 is 0 Å². The average molecular weight is 401 g/mol. The van der Waals surface area contributed by atoms with Gasteiger partial charge in [0.2, 0.25) is 0 Å². The zero-order valence-corrected chi connectivity index (χ0v) is 16.9. The number of aryl methyl sites for hydroxylation is 1. The smallest absolute Gasteiger partial charge is 0.258 e. The molecule has 30 heavy (non-hydrogen) atoms. The molecule has 4 aromatic rings. The van der Waals surface area contributed by atoms with E-state index >= 15 is 0 Å². The number of pyridine rings is 1. The van der Waals surface area contributed by atoms with E-state index in [1.165, 1.54) is 19.4 Å². The van der Waals surface area contributed by atoms with Gasteiger partial charge in [-0.1, -0.05) is 0 Å². The summed E-state index contributed by atoms with van der Waals surface area (Å²) in [7, 11) is 0. The molecule has 0 aliphatic carbocycles. The fourth-order valence-corrected chi connectivity index (χ4v) is 4.77. The molecule has 2 fully saturated rings. The van der Waals surface area contributed by atoms with Gasteiger partial charge in [0.15, 0.2) is 5.65 Å². The average Bonchev–Trinajstić information content (AvgIpc) is 3.37. The highest BCUT2D eigenvalue weighted by Gasteiger charge is 2.30. The van der Waals surface area contributed by atoms with Crippen LogP contribution in [0, 0.1) is 6.92 Å². The minimum absolute atomic E-state index is 0.0972. The van der Waals surface area contributed by atoms with Crippen LogP contribution in [0.2, 0.25) is 0 Å². The zero-order valence-electron chi connectivity index (χ0n) is 16.9. The van der Waals surface area contributed by atoms with Gasteiger partial charge in [-0.25, -0.2) is 14.5 Å². The Morgan fingerprint density at radius 1 is 0.967 bits per heavy atom. The molecule has 2 aliphatic heterocycles. The van der Waals surface area contributed by atoms with Crippen molar-refractivity contribution < 1.29 is 0 Å². The molecular weight excluding hydrogens is 378 g/mol. The van der Waals surface area contributed by atoms with Crippen LogP contribution < -0.4 is 10.5 Å². The molecule has 2 aliphatic rings. The van der Waals surface area contributed by atoms with Crippen molar-refractivity contribution in [2.24, 2.45) is 0 Å². The molecule has 8 nitrogen and oxygen atoms in total. The maximum atomic E-state index is 12.9. The van der Waals surface area contributed by atoms with Crippen molar-refractivity contribution in [3.63, 3.8) is 0 Å². The Labute approximate surface area is 173 Å². The van der Waals surface area contributed by atoms with Crippen molar-refractivity contribution in [2.75, 3.05) is 31.1 Å². The second-order valence-electron chi connectivity index (χ2n) is 8.28. The summed E-state index contributed by atoms with van der Waals surface area (Å²) in [5, 5.41) is 4.57. The predicted molar refractivity (Wildman–Crippen MR) is 115 cm³/mol. The summed E-state index contributed by atoms with van der Waals surface area (Å²) in [5.41, 5.74) is 4.52. The lowest BCUT2D eigenvalue weighted by atomic mass is 10.1. The van der Waals surface area contributed by atoms with E-state index in [9.17, 15) is 4.79 Å². The summed E-state index contributed by atoms with van der Waals surface area (Å²) in [6.07, 6.45) is 6.35. The molecule has 8 heteroatoms. The molecule has 0 amide bonds. The molecule has 6 rings (SSSR count). The van der Waals surface area contributed by atoms with Gasteiger partial charge in [0.05, 0.1) is 23.3 Å². The van der Waals surface area contributed by atoms with E-state index in [-0.39, 0.29) is 5.56 Å². The van der Waals surface area contributed by atoms with Gasteiger partial charge in [-0.3, -0.25) is 14.1 Å². The van der Waals surface area contributed by atoms with Crippen LogP contribution in [0.25, 0.3) is 22.7 Å². The van der Waals surface area contributed by atoms with Crippen molar-refractivity contribution in [2.45, 2.75) is 25.8 Å². The maximum absolute atomic E-state index is 12.9. The third kappa shape index (κ3) is 2.87. The third-order valence-electron chi connectivity index (χ3n) is 6.30. The predicted octanol–water partition coefficient (Wildman–Crippen LogP) is 2.00. The van der Waals surface area contributed by atoms with Crippen molar-refractivity contribution in [3.05, 3.63) is 58.8 Å². The Bertz CT molecular complexity index is 1320. The largest absolute Gasteiger partial charge is 0.367 e. The quantitative estimate of drug-likeness (QED) is 0.512. The fraction of sp³-hybridized carbons (Fsp3) is 0.364. The molecule has 0 bridgehead atoms. The van der Waals surface area contributed by atoms with Crippen molar-refractivity contribution in [3.8, 4) is 11.4 Å². The number of piperazine rings is 1. The van der Waals surface area contributed by atoms with Crippen LogP contribution in [0.15, 0.2) is 47.5 Å². The third-order valence-corrected chi connectivity index (χ3v) is 6.30. The lowest BCUT2D eigenvalue weighted by Crippen LogP contribution is -2.50. The molecule has 6 heterocycles. The maximum Gasteiger partial charge on any atom is 0.258 e. The van der Waals surface area contributed by atoms with Crippen LogP contribution in [-0.4, -0.2) is 61.1 Å². The molecule has 1 atom stereocenters. The Kier molecular flexibility index (Phi) is 3.89. The van der Waals surface area contributed by atoms with E-state index in [0.717, 1.165) is 36.7 Å². The van der Waals surface area contributed by atoms with E-state index in [1.54, 1.807) is 15.0 Å². The highest BCUT2D eigenvalue weighted by atomic mass is 16.1. The molecule has 0 N–H and O–H groups in total. The van der Waals surface area contributed by atoms with Crippen LogP contribution in [-0.2, 0) is 0 Å². The summed E-state index contributed by atoms with van der Waals surface area (Å²) in [6, 6.07) is 9.95. The first-order valence-electron chi connectivity index (χ1n) is 10.5. The number of aromatic nitrogens is 5. The van der Waals surface area contributed by atoms with Crippen molar-refractivity contribution in [1.82, 2.24) is 28.9 Å². The van der Waals surface area contributed by atoms with E-state index in [0.29, 0.717) is 23.1 Å². The minimum Gasteiger partial charge on any atom is -0.367 e. The summed E-state index contributed by atoms with van der Waals surface area (Å²) >= 11 is 0. The van der Waals surface area contributed by atoms with E-state index in [4.69, 9.17) is 4.98 Å². The van der Waals surface area contributed by atoms with E-state index < -0.39 is 0 Å². The van der Waals surface area contributed by atoms with Crippen molar-refractivity contribution >= 4 is 17.0 Å². The minimum atomic E-state index is -0.0972. The van der Waals surface area contributed by atoms with E-state index in [2.05, 4.69) is 25.9 Å². The van der Waals surface area contributed by atoms with Crippen molar-refractivity contribution in [1.29, 1.82) is 0 Å². The number of anilines is 1. The highest BCUT2D eigenvalue weighted by Crippen LogP contribution is 2.25. The van der Waals surface area contributed by atoms with Gasteiger partial charge in [0, 0.05) is 37.9 Å². The molecule has 0 unspecified atom stereocenters. The number of hydrogen-bond acceptors (Lipinski definition) is 6. The monoisotopic (exact) mass is 401 g/mol. The molecule has 0 saturated carbocycles. The van der Waals surface area contributed by atoms with Gasteiger partial charge in [-0.05, 0) is 50.6 Å². The molecule has 0 aromatic carbocycles. The molecular formula is C22H23N7O. The number of imidazole rings is 1. The summed E-state index contributed by atoms with van der Waals surface area (Å²) in [4.78, 5) is 27.0. The Morgan fingerprint density at radius 3 is 2.80 bits per heavy atom. The van der Waals surface area contributed by atoms with Gasteiger partial charge in [0.25, 0.3) is 5.56 Å². The van der Waals surface area contributed by atoms with Gasteiger partial charge in [-0.2, -0.15) is 5.10 Å². The molecule has 0 radical (unpaired) electrons. The molecule has 2 saturated heterocycles. The van der Waals surface area contributed by atoms with Gasteiger partial charge < -0.3 is 4.90 Å². The first kappa shape index (κ1) is 17.6. The normalized spacial score (nSPS) is 19.6. The van der Waals surface area contributed by atoms with Crippen LogP contribution in [0.5, 0.6) is 0 Å². The number of rotatable bonds is 2. The topological polar surface area (TPSA) is 71.0 Å². The number of fused-ring (bicyclic) bond motifs is 3. The lowest BCUT2D eigenvalue weighted by molar-refractivity contribution is 0.231. The van der Waals surface area contributed by atoms with Crippen LogP contribution in [0.1, 0.15) is 18.5 Å². The SMILES string of the molecule is Cc1cn2nc(-c3cc(=O)n4cc(N5CCN6CCC[C@H]6C5)ccc4n3)ccc2n1. The highest BCUT2D eigenvalue weighted by molar-refractivity contribution is 5.60. The first-order valence-corrected chi connectivity index (χ1v) is 10.5. The van der Waals surface area contributed by atoms with Crippen LogP contribution in [0.4, 0.5) is 5.69 Å². The molecule has 4 aromatic heterocycles. The van der Waals surface area contributed by atoms with Crippen LogP contribution >= 0.6 is 0 Å². The zero-order chi connectivity index (χ0) is 20.2. The second-order valence-corrected chi connectivity index (χ2v) is 8.28. The van der Waals surface area contributed by atoms with Gasteiger partial charge in [0.1, 0.15) is 11.3 Å². The van der Waals surface area contributed by atoms with E-state index in [1.807, 2.05) is 37.5 Å². The first-order chi connectivity index (χ1) is 14.6. The summed E-state index contributed by atoms with van der Waals surface area (Å²) < 4.78 is 3.36. The lowest BCUT2D eigenvalue weighted by Gasteiger charge is -2.38. The Balaban J connectivity index is 1.36. The van der Waals surface area contributed by atoms with Gasteiger partial charge in [-0.15, -0.1) is 0 Å². The number of nitrogens with zero attached hydrogens (tertiary/aromatic N) is 7. The fourth-order valence-electron chi connectivity index (χ4n) is 4.77. The Morgan fingerprint density at radius 2 is 1.87 bits per heavy atom. The Hall–Kier alpha value is -3.26.